The van der Waals surface area contributed by atoms with Crippen LogP contribution in [0, 0.1) is 11.3 Å². The zero-order valence-electron chi connectivity index (χ0n) is 8.48. The average molecular weight is 232 g/mol. The van der Waals surface area contributed by atoms with Gasteiger partial charge in [-0.15, -0.1) is 11.3 Å². The van der Waals surface area contributed by atoms with Crippen molar-refractivity contribution >= 4 is 17.3 Å². The molecule has 4 nitrogen and oxygen atoms in total. The molecule has 0 aliphatic rings. The first kappa shape index (κ1) is 10.5. The molecule has 0 bridgehead atoms. The molecule has 2 aromatic rings. The molecular weight excluding hydrogens is 224 g/mol. The Labute approximate surface area is 96.1 Å². The third-order valence-corrected chi connectivity index (χ3v) is 3.00. The summed E-state index contributed by atoms with van der Waals surface area (Å²) in [7, 11) is 1.32. The van der Waals surface area contributed by atoms with Crippen LogP contribution in [0.3, 0.4) is 0 Å². The predicted octanol–water partition coefficient (Wildman–Crippen LogP) is 2.40. The summed E-state index contributed by atoms with van der Waals surface area (Å²) in [6.45, 7) is 0. The molecule has 2 rings (SSSR count). The first-order valence-corrected chi connectivity index (χ1v) is 5.39. The van der Waals surface area contributed by atoms with Crippen molar-refractivity contribution < 1.29 is 9.53 Å². The Hall–Kier alpha value is -2.06. The topological polar surface area (TPSA) is 65.9 Å². The number of ether oxygens (including phenoxy) is 1. The van der Waals surface area contributed by atoms with Crippen molar-refractivity contribution in [2.75, 3.05) is 7.11 Å². The van der Waals surface area contributed by atoms with Crippen molar-refractivity contribution in [2.24, 2.45) is 0 Å². The lowest BCUT2D eigenvalue weighted by Crippen LogP contribution is -2.00. The number of esters is 1. The second-order valence-electron chi connectivity index (χ2n) is 3.05. The molecule has 1 N–H and O–H groups in total. The van der Waals surface area contributed by atoms with Gasteiger partial charge in [0.1, 0.15) is 11.8 Å². The summed E-state index contributed by atoms with van der Waals surface area (Å²) in [6.07, 6.45) is 0. The third kappa shape index (κ3) is 1.71. The highest BCUT2D eigenvalue weighted by Gasteiger charge is 2.17. The van der Waals surface area contributed by atoms with E-state index in [1.165, 1.54) is 24.5 Å². The zero-order chi connectivity index (χ0) is 11.5. The SMILES string of the molecule is COC(=O)c1cc(C#N)[nH]c1-c1cccs1. The second kappa shape index (κ2) is 4.21. The van der Waals surface area contributed by atoms with E-state index in [0.717, 1.165) is 4.88 Å². The molecule has 0 saturated heterocycles. The van der Waals surface area contributed by atoms with E-state index in [1.807, 2.05) is 23.6 Å². The van der Waals surface area contributed by atoms with E-state index in [2.05, 4.69) is 9.72 Å². The fraction of sp³-hybridized carbons (Fsp3) is 0.0909. The summed E-state index contributed by atoms with van der Waals surface area (Å²) in [5.74, 6) is -0.443. The van der Waals surface area contributed by atoms with Gasteiger partial charge < -0.3 is 9.72 Å². The van der Waals surface area contributed by atoms with E-state index >= 15 is 0 Å². The van der Waals surface area contributed by atoms with Crippen molar-refractivity contribution in [3.05, 3.63) is 34.8 Å². The molecule has 0 aliphatic carbocycles. The first-order valence-electron chi connectivity index (χ1n) is 4.51. The number of hydrogen-bond acceptors (Lipinski definition) is 4. The van der Waals surface area contributed by atoms with E-state index < -0.39 is 5.97 Å². The lowest BCUT2D eigenvalue weighted by Gasteiger charge is -1.98. The monoisotopic (exact) mass is 232 g/mol. The van der Waals surface area contributed by atoms with Crippen LogP contribution in [0.4, 0.5) is 0 Å². The Balaban J connectivity index is 2.56. The molecule has 0 radical (unpaired) electrons. The van der Waals surface area contributed by atoms with E-state index in [9.17, 15) is 4.79 Å². The summed E-state index contributed by atoms with van der Waals surface area (Å²) in [4.78, 5) is 15.3. The molecule has 2 heterocycles. The zero-order valence-corrected chi connectivity index (χ0v) is 9.30. The number of nitriles is 1. The van der Waals surface area contributed by atoms with Gasteiger partial charge in [0.25, 0.3) is 0 Å². The number of H-pyrrole nitrogens is 1. The molecule has 16 heavy (non-hydrogen) atoms. The fourth-order valence-electron chi connectivity index (χ4n) is 1.40. The summed E-state index contributed by atoms with van der Waals surface area (Å²) in [5, 5.41) is 10.7. The van der Waals surface area contributed by atoms with Crippen LogP contribution in [-0.2, 0) is 4.74 Å². The molecule has 2 aromatic heterocycles. The second-order valence-corrected chi connectivity index (χ2v) is 4.00. The molecule has 80 valence electrons. The van der Waals surface area contributed by atoms with E-state index in [1.54, 1.807) is 0 Å². The van der Waals surface area contributed by atoms with Crippen LogP contribution in [0.2, 0.25) is 0 Å². The van der Waals surface area contributed by atoms with Crippen molar-refractivity contribution in [3.8, 4) is 16.6 Å². The molecule has 0 atom stereocenters. The van der Waals surface area contributed by atoms with E-state index in [0.29, 0.717) is 17.0 Å². The van der Waals surface area contributed by atoms with Gasteiger partial charge >= 0.3 is 5.97 Å². The van der Waals surface area contributed by atoms with Crippen molar-refractivity contribution in [1.82, 2.24) is 4.98 Å². The Morgan fingerprint density at radius 3 is 3.00 bits per heavy atom. The average Bonchev–Trinajstić information content (AvgIpc) is 2.95. The van der Waals surface area contributed by atoms with Gasteiger partial charge in [-0.1, -0.05) is 6.07 Å². The largest absolute Gasteiger partial charge is 0.465 e. The Morgan fingerprint density at radius 1 is 1.62 bits per heavy atom. The Morgan fingerprint density at radius 2 is 2.44 bits per heavy atom. The van der Waals surface area contributed by atoms with Gasteiger partial charge in [0.2, 0.25) is 0 Å². The lowest BCUT2D eigenvalue weighted by molar-refractivity contribution is 0.0602. The number of nitrogens with zero attached hydrogens (tertiary/aromatic N) is 1. The smallest absolute Gasteiger partial charge is 0.340 e. The molecule has 0 aromatic carbocycles. The molecular formula is C11H8N2O2S. The number of rotatable bonds is 2. The fourth-order valence-corrected chi connectivity index (χ4v) is 2.14. The number of hydrogen-bond donors (Lipinski definition) is 1. The molecule has 0 spiro atoms. The van der Waals surface area contributed by atoms with Crippen LogP contribution in [0.25, 0.3) is 10.6 Å². The van der Waals surface area contributed by atoms with E-state index in [-0.39, 0.29) is 0 Å². The lowest BCUT2D eigenvalue weighted by atomic mass is 10.2. The molecule has 0 amide bonds. The quantitative estimate of drug-likeness (QED) is 0.808. The van der Waals surface area contributed by atoms with Crippen molar-refractivity contribution in [1.29, 1.82) is 5.26 Å². The first-order chi connectivity index (χ1) is 7.76. The number of aromatic nitrogens is 1. The van der Waals surface area contributed by atoms with Gasteiger partial charge in [-0.3, -0.25) is 0 Å². The van der Waals surface area contributed by atoms with Gasteiger partial charge in [-0.05, 0) is 17.5 Å². The predicted molar refractivity (Wildman–Crippen MR) is 60.2 cm³/mol. The van der Waals surface area contributed by atoms with Crippen LogP contribution in [0.15, 0.2) is 23.6 Å². The summed E-state index contributed by atoms with van der Waals surface area (Å²) in [5.41, 5.74) is 1.38. The number of nitrogens with one attached hydrogen (secondary N) is 1. The van der Waals surface area contributed by atoms with Crippen LogP contribution in [0.5, 0.6) is 0 Å². The number of carbonyl (C=O) groups is 1. The minimum absolute atomic E-state index is 0.351. The van der Waals surface area contributed by atoms with Gasteiger partial charge in [0.15, 0.2) is 0 Å². The highest BCUT2D eigenvalue weighted by Crippen LogP contribution is 2.28. The normalized spacial score (nSPS) is 9.75. The number of thiophene rings is 1. The Bertz CT molecular complexity index is 549. The standard InChI is InChI=1S/C11H8N2O2S/c1-15-11(14)8-5-7(6-12)13-10(8)9-3-2-4-16-9/h2-5,13H,1H3. The van der Waals surface area contributed by atoms with Crippen LogP contribution >= 0.6 is 11.3 Å². The van der Waals surface area contributed by atoms with Gasteiger partial charge in [0.05, 0.1) is 23.2 Å². The van der Waals surface area contributed by atoms with Crippen molar-refractivity contribution in [3.63, 3.8) is 0 Å². The third-order valence-electron chi connectivity index (χ3n) is 2.11. The van der Waals surface area contributed by atoms with Gasteiger partial charge in [-0.2, -0.15) is 5.26 Å². The number of methoxy groups -OCH3 is 1. The number of carbonyl (C=O) groups excluding carboxylic acids is 1. The molecule has 0 saturated carbocycles. The van der Waals surface area contributed by atoms with Gasteiger partial charge in [0, 0.05) is 0 Å². The van der Waals surface area contributed by atoms with Crippen LogP contribution < -0.4 is 0 Å². The maximum atomic E-state index is 11.5. The van der Waals surface area contributed by atoms with E-state index in [4.69, 9.17) is 5.26 Å². The summed E-state index contributed by atoms with van der Waals surface area (Å²) >= 11 is 1.49. The molecule has 0 aliphatic heterocycles. The summed E-state index contributed by atoms with van der Waals surface area (Å²) in [6, 6.07) is 7.23. The molecule has 0 unspecified atom stereocenters. The van der Waals surface area contributed by atoms with Crippen molar-refractivity contribution in [2.45, 2.75) is 0 Å². The van der Waals surface area contributed by atoms with Gasteiger partial charge in [-0.25, -0.2) is 4.79 Å². The molecule has 0 fully saturated rings. The minimum atomic E-state index is -0.443. The maximum absolute atomic E-state index is 11.5. The van der Waals surface area contributed by atoms with Crippen LogP contribution in [0.1, 0.15) is 16.1 Å². The molecule has 5 heteroatoms. The van der Waals surface area contributed by atoms with Crippen LogP contribution in [-0.4, -0.2) is 18.1 Å². The summed E-state index contributed by atoms with van der Waals surface area (Å²) < 4.78 is 4.67. The highest BCUT2D eigenvalue weighted by molar-refractivity contribution is 7.13. The minimum Gasteiger partial charge on any atom is -0.465 e. The highest BCUT2D eigenvalue weighted by atomic mass is 32.1. The number of aromatic amines is 1. The maximum Gasteiger partial charge on any atom is 0.340 e. The Kier molecular flexibility index (Phi) is 2.75.